The summed E-state index contributed by atoms with van der Waals surface area (Å²) in [6.07, 6.45) is 0.337. The normalized spacial score (nSPS) is 15.2. The predicted octanol–water partition coefficient (Wildman–Crippen LogP) is 3.95. The van der Waals surface area contributed by atoms with Crippen molar-refractivity contribution in [2.75, 3.05) is 0 Å². The Labute approximate surface area is 265 Å². The summed E-state index contributed by atoms with van der Waals surface area (Å²) in [6.45, 7) is 10.3. The molecule has 45 heavy (non-hydrogen) atoms. The number of ether oxygens (including phenoxy) is 2. The largest absolute Gasteiger partial charge is 0.458 e. The van der Waals surface area contributed by atoms with Gasteiger partial charge in [0.15, 0.2) is 0 Å². The van der Waals surface area contributed by atoms with Gasteiger partial charge in [0, 0.05) is 18.9 Å². The molecule has 4 N–H and O–H groups in total. The summed E-state index contributed by atoms with van der Waals surface area (Å²) in [4.78, 5) is 67.9. The number of amides is 4. The molecule has 1 saturated carbocycles. The lowest BCUT2D eigenvalue weighted by Crippen LogP contribution is -2.55. The van der Waals surface area contributed by atoms with E-state index in [2.05, 4.69) is 10.6 Å². The van der Waals surface area contributed by atoms with Crippen molar-refractivity contribution in [1.82, 2.24) is 15.5 Å². The predicted molar refractivity (Wildman–Crippen MR) is 169 cm³/mol. The van der Waals surface area contributed by atoms with Gasteiger partial charge in [-0.25, -0.2) is 9.59 Å². The first kappa shape index (κ1) is 35.1. The van der Waals surface area contributed by atoms with Crippen molar-refractivity contribution in [3.8, 4) is 0 Å². The van der Waals surface area contributed by atoms with Gasteiger partial charge >= 0.3 is 12.1 Å². The minimum absolute atomic E-state index is 0.0890. The molecule has 1 fully saturated rings. The first-order valence-electron chi connectivity index (χ1n) is 15.3. The van der Waals surface area contributed by atoms with Crippen molar-refractivity contribution in [1.29, 1.82) is 0 Å². The van der Waals surface area contributed by atoms with E-state index in [0.717, 1.165) is 5.56 Å². The van der Waals surface area contributed by atoms with Gasteiger partial charge in [-0.1, -0.05) is 60.7 Å². The van der Waals surface area contributed by atoms with Gasteiger partial charge in [-0.2, -0.15) is 0 Å². The van der Waals surface area contributed by atoms with E-state index in [9.17, 15) is 24.0 Å². The third-order valence-corrected chi connectivity index (χ3v) is 6.80. The molecule has 0 spiro atoms. The van der Waals surface area contributed by atoms with Crippen molar-refractivity contribution in [2.24, 2.45) is 5.73 Å². The Morgan fingerprint density at radius 3 is 1.89 bits per heavy atom. The van der Waals surface area contributed by atoms with Crippen molar-refractivity contribution >= 4 is 29.8 Å². The molecule has 2 aromatic rings. The van der Waals surface area contributed by atoms with Crippen LogP contribution in [-0.4, -0.2) is 64.0 Å². The minimum Gasteiger partial charge on any atom is -0.458 e. The highest BCUT2D eigenvalue weighted by atomic mass is 16.6. The van der Waals surface area contributed by atoms with Gasteiger partial charge in [-0.15, -0.1) is 0 Å². The standard InChI is InChI=1S/C34H46N4O7/c1-33(2,3)44-31(42)26(21-22-13-9-7-10-14-22)36-29(40)28(23-15-11-8-12-16-23)38(24-17-18-24)30(41)25(19-20-27(35)39)37-32(43)45-34(4,5)6/h7-16,24-26,28H,17-21H2,1-6H3,(H2,35,39)(H,36,40)(H,37,43). The van der Waals surface area contributed by atoms with Crippen LogP contribution in [0.3, 0.4) is 0 Å². The molecule has 11 heteroatoms. The molecule has 0 aromatic heterocycles. The highest BCUT2D eigenvalue weighted by Crippen LogP contribution is 2.36. The average molecular weight is 623 g/mol. The highest BCUT2D eigenvalue weighted by Gasteiger charge is 2.45. The maximum absolute atomic E-state index is 14.3. The van der Waals surface area contributed by atoms with Crippen molar-refractivity contribution < 1.29 is 33.4 Å². The molecule has 3 rings (SSSR count). The molecule has 3 unspecified atom stereocenters. The highest BCUT2D eigenvalue weighted by molar-refractivity contribution is 5.94. The number of carbonyl (C=O) groups excluding carboxylic acids is 5. The van der Waals surface area contributed by atoms with E-state index in [1.54, 1.807) is 71.9 Å². The van der Waals surface area contributed by atoms with Crippen LogP contribution in [0.5, 0.6) is 0 Å². The zero-order valence-corrected chi connectivity index (χ0v) is 27.0. The molecular formula is C34H46N4O7. The first-order chi connectivity index (χ1) is 21.0. The number of hydrogen-bond acceptors (Lipinski definition) is 7. The van der Waals surface area contributed by atoms with Gasteiger partial charge < -0.3 is 30.7 Å². The molecule has 0 saturated heterocycles. The summed E-state index contributed by atoms with van der Waals surface area (Å²) in [6, 6.07) is 14.3. The average Bonchev–Trinajstić information content (AvgIpc) is 3.77. The van der Waals surface area contributed by atoms with Gasteiger partial charge in [0.1, 0.15) is 29.3 Å². The topological polar surface area (TPSA) is 157 Å². The van der Waals surface area contributed by atoms with E-state index in [-0.39, 0.29) is 25.3 Å². The molecule has 11 nitrogen and oxygen atoms in total. The van der Waals surface area contributed by atoms with E-state index in [4.69, 9.17) is 15.2 Å². The van der Waals surface area contributed by atoms with Crippen LogP contribution in [0.15, 0.2) is 60.7 Å². The Morgan fingerprint density at radius 1 is 0.822 bits per heavy atom. The lowest BCUT2D eigenvalue weighted by molar-refractivity contribution is -0.159. The van der Waals surface area contributed by atoms with Crippen LogP contribution in [0.25, 0.3) is 0 Å². The number of rotatable bonds is 13. The Kier molecular flexibility index (Phi) is 11.7. The third kappa shape index (κ3) is 11.6. The Balaban J connectivity index is 2.00. The number of benzene rings is 2. The Hall–Kier alpha value is -4.41. The van der Waals surface area contributed by atoms with Crippen LogP contribution in [0.1, 0.15) is 84.4 Å². The maximum atomic E-state index is 14.3. The molecule has 2 aromatic carbocycles. The van der Waals surface area contributed by atoms with Crippen molar-refractivity contribution in [2.45, 2.75) is 109 Å². The molecule has 1 aliphatic carbocycles. The van der Waals surface area contributed by atoms with Gasteiger partial charge in [-0.05, 0) is 71.9 Å². The Morgan fingerprint density at radius 2 is 1.38 bits per heavy atom. The monoisotopic (exact) mass is 622 g/mol. The summed E-state index contributed by atoms with van der Waals surface area (Å²) in [7, 11) is 0. The van der Waals surface area contributed by atoms with Crippen molar-refractivity contribution in [3.05, 3.63) is 71.8 Å². The zero-order valence-electron chi connectivity index (χ0n) is 27.0. The summed E-state index contributed by atoms with van der Waals surface area (Å²) in [5.41, 5.74) is 5.09. The third-order valence-electron chi connectivity index (χ3n) is 6.80. The van der Waals surface area contributed by atoms with Crippen LogP contribution in [-0.2, 0) is 35.1 Å². The number of alkyl carbamates (subject to hydrolysis) is 1. The quantitative estimate of drug-likeness (QED) is 0.286. The number of nitrogens with two attached hydrogens (primary N) is 1. The molecule has 0 radical (unpaired) electrons. The van der Waals surface area contributed by atoms with Crippen LogP contribution in [0, 0.1) is 0 Å². The summed E-state index contributed by atoms with van der Waals surface area (Å²) < 4.78 is 11.0. The number of hydrogen-bond donors (Lipinski definition) is 3. The van der Waals surface area contributed by atoms with Crippen LogP contribution in [0.4, 0.5) is 4.79 Å². The number of esters is 1. The summed E-state index contributed by atoms with van der Waals surface area (Å²) in [5.74, 6) is -2.40. The van der Waals surface area contributed by atoms with E-state index in [1.807, 2.05) is 30.3 Å². The van der Waals surface area contributed by atoms with E-state index in [1.165, 1.54) is 4.90 Å². The van der Waals surface area contributed by atoms with Gasteiger partial charge in [0.2, 0.25) is 17.7 Å². The maximum Gasteiger partial charge on any atom is 0.408 e. The fourth-order valence-electron chi connectivity index (χ4n) is 4.78. The smallest absolute Gasteiger partial charge is 0.408 e. The number of primary amides is 1. The molecular weight excluding hydrogens is 576 g/mol. The summed E-state index contributed by atoms with van der Waals surface area (Å²) in [5, 5.41) is 5.46. The molecule has 0 heterocycles. The fourth-order valence-corrected chi connectivity index (χ4v) is 4.78. The first-order valence-corrected chi connectivity index (χ1v) is 15.3. The SMILES string of the molecule is CC(C)(C)OC(=O)NC(CCC(N)=O)C(=O)N(C1CC1)C(C(=O)NC(Cc1ccccc1)C(=O)OC(C)(C)C)c1ccccc1. The van der Waals surface area contributed by atoms with E-state index in [0.29, 0.717) is 18.4 Å². The molecule has 244 valence electrons. The second-order valence-electron chi connectivity index (χ2n) is 13.3. The molecule has 0 bridgehead atoms. The lowest BCUT2D eigenvalue weighted by atomic mass is 10.00. The zero-order chi connectivity index (χ0) is 33.4. The second kappa shape index (κ2) is 15.0. The fraction of sp³-hybridized carbons (Fsp3) is 0.500. The van der Waals surface area contributed by atoms with E-state index < -0.39 is 59.1 Å². The molecule has 3 atom stereocenters. The Bertz CT molecular complexity index is 1330. The summed E-state index contributed by atoms with van der Waals surface area (Å²) >= 11 is 0. The second-order valence-corrected chi connectivity index (χ2v) is 13.3. The van der Waals surface area contributed by atoms with Crippen molar-refractivity contribution in [3.63, 3.8) is 0 Å². The number of carbonyl (C=O) groups is 5. The van der Waals surface area contributed by atoms with Gasteiger partial charge in [0.05, 0.1) is 0 Å². The number of nitrogens with zero attached hydrogens (tertiary/aromatic N) is 1. The van der Waals surface area contributed by atoms with Crippen LogP contribution >= 0.6 is 0 Å². The van der Waals surface area contributed by atoms with Crippen LogP contribution < -0.4 is 16.4 Å². The molecule has 0 aliphatic heterocycles. The minimum atomic E-state index is -1.20. The lowest BCUT2D eigenvalue weighted by Gasteiger charge is -2.35. The van der Waals surface area contributed by atoms with Gasteiger partial charge in [-0.3, -0.25) is 14.4 Å². The van der Waals surface area contributed by atoms with Crippen LogP contribution in [0.2, 0.25) is 0 Å². The van der Waals surface area contributed by atoms with Gasteiger partial charge in [0.25, 0.3) is 0 Å². The number of nitrogens with one attached hydrogen (secondary N) is 2. The molecule has 4 amide bonds. The van der Waals surface area contributed by atoms with E-state index >= 15 is 0 Å². The molecule has 1 aliphatic rings.